The minimum absolute atomic E-state index is 0. The highest BCUT2D eigenvalue weighted by Crippen LogP contribution is 2.32. The number of ether oxygens (including phenoxy) is 2. The number of halogens is 1. The number of benzene rings is 2. The Labute approximate surface area is 176 Å². The highest BCUT2D eigenvalue weighted by Gasteiger charge is 2.14. The smallest absolute Gasteiger partial charge is 0.346 e. The van der Waals surface area contributed by atoms with Crippen LogP contribution in [0.4, 0.5) is 0 Å². The summed E-state index contributed by atoms with van der Waals surface area (Å²) in [6.07, 6.45) is 2.92. The van der Waals surface area contributed by atoms with Gasteiger partial charge in [-0.2, -0.15) is 4.68 Å². The molecule has 0 spiro atoms. The van der Waals surface area contributed by atoms with E-state index in [-0.39, 0.29) is 25.0 Å². The molecule has 0 radical (unpaired) electrons. The standard InChI is InChI=1S/C20H25N5O3.ClH/c1-27-19-14-16(15-21-12-6-3-7-13-26)10-11-18(19)28-20-22-23-24-25(20)17-8-4-2-5-9-17;/h2,4-5,8-11,14,21,26H,3,6-7,12-13,15H2,1H3;1H. The largest absolute Gasteiger partial charge is 0.493 e. The average Bonchev–Trinajstić information content (AvgIpc) is 3.20. The van der Waals surface area contributed by atoms with Crippen LogP contribution in [0.25, 0.3) is 5.69 Å². The number of aliphatic hydroxyl groups excluding tert-OH is 1. The van der Waals surface area contributed by atoms with Crippen LogP contribution in [0, 0.1) is 0 Å². The lowest BCUT2D eigenvalue weighted by molar-refractivity contribution is 0.283. The first-order chi connectivity index (χ1) is 13.8. The van der Waals surface area contributed by atoms with E-state index in [4.69, 9.17) is 14.6 Å². The minimum Gasteiger partial charge on any atom is -0.493 e. The molecule has 0 amide bonds. The summed E-state index contributed by atoms with van der Waals surface area (Å²) in [7, 11) is 1.61. The maximum absolute atomic E-state index is 8.80. The molecular formula is C20H26ClN5O3. The zero-order chi connectivity index (χ0) is 19.6. The summed E-state index contributed by atoms with van der Waals surface area (Å²) in [5.41, 5.74) is 1.90. The Kier molecular flexibility index (Phi) is 9.36. The van der Waals surface area contributed by atoms with Crippen molar-refractivity contribution in [3.8, 4) is 23.2 Å². The Morgan fingerprint density at radius 2 is 1.86 bits per heavy atom. The number of tetrazole rings is 1. The van der Waals surface area contributed by atoms with E-state index >= 15 is 0 Å². The van der Waals surface area contributed by atoms with Crippen LogP contribution < -0.4 is 14.8 Å². The molecule has 0 aliphatic rings. The third kappa shape index (κ3) is 6.42. The molecule has 1 heterocycles. The first-order valence-electron chi connectivity index (χ1n) is 9.32. The SMILES string of the molecule is COc1cc(CNCCCCCO)ccc1Oc1nnnn1-c1ccccc1.Cl. The van der Waals surface area contributed by atoms with Gasteiger partial charge in [-0.1, -0.05) is 29.4 Å². The number of hydrogen-bond acceptors (Lipinski definition) is 7. The van der Waals surface area contributed by atoms with Crippen LogP contribution in [0.1, 0.15) is 24.8 Å². The fourth-order valence-electron chi connectivity index (χ4n) is 2.75. The minimum atomic E-state index is 0. The molecule has 0 fully saturated rings. The fourth-order valence-corrected chi connectivity index (χ4v) is 2.75. The van der Waals surface area contributed by atoms with Crippen molar-refractivity contribution in [1.82, 2.24) is 25.5 Å². The first-order valence-corrected chi connectivity index (χ1v) is 9.32. The number of nitrogens with zero attached hydrogens (tertiary/aromatic N) is 4. The predicted molar refractivity (Wildman–Crippen MR) is 112 cm³/mol. The van der Waals surface area contributed by atoms with E-state index in [1.54, 1.807) is 7.11 Å². The summed E-state index contributed by atoms with van der Waals surface area (Å²) in [6.45, 7) is 1.90. The quantitative estimate of drug-likeness (QED) is 0.461. The molecule has 3 aromatic rings. The Hall–Kier alpha value is -2.68. The third-order valence-corrected chi connectivity index (χ3v) is 4.21. The average molecular weight is 420 g/mol. The molecule has 9 heteroatoms. The molecule has 0 aliphatic carbocycles. The summed E-state index contributed by atoms with van der Waals surface area (Å²) in [6, 6.07) is 15.6. The molecule has 0 aliphatic heterocycles. The lowest BCUT2D eigenvalue weighted by Crippen LogP contribution is -2.14. The number of aromatic nitrogens is 4. The second-order valence-electron chi connectivity index (χ2n) is 6.26. The van der Waals surface area contributed by atoms with Crippen molar-refractivity contribution in [1.29, 1.82) is 0 Å². The Bertz CT molecular complexity index is 860. The second-order valence-corrected chi connectivity index (χ2v) is 6.26. The normalized spacial score (nSPS) is 10.4. The Balaban J connectivity index is 0.00000300. The van der Waals surface area contributed by atoms with Gasteiger partial charge in [0, 0.05) is 13.2 Å². The van der Waals surface area contributed by atoms with Crippen molar-refractivity contribution in [2.24, 2.45) is 0 Å². The molecule has 1 aromatic heterocycles. The summed E-state index contributed by atoms with van der Waals surface area (Å²) in [4.78, 5) is 0. The van der Waals surface area contributed by atoms with Crippen molar-refractivity contribution in [2.75, 3.05) is 20.3 Å². The molecule has 0 unspecified atom stereocenters. The van der Waals surface area contributed by atoms with Crippen molar-refractivity contribution in [3.63, 3.8) is 0 Å². The van der Waals surface area contributed by atoms with E-state index in [2.05, 4.69) is 20.8 Å². The molecule has 156 valence electrons. The van der Waals surface area contributed by atoms with Gasteiger partial charge in [0.25, 0.3) is 0 Å². The lowest BCUT2D eigenvalue weighted by atomic mass is 10.2. The second kappa shape index (κ2) is 12.0. The Morgan fingerprint density at radius 3 is 2.62 bits per heavy atom. The van der Waals surface area contributed by atoms with E-state index in [1.807, 2.05) is 48.5 Å². The number of aliphatic hydroxyl groups is 1. The molecule has 3 rings (SSSR count). The molecule has 0 bridgehead atoms. The van der Waals surface area contributed by atoms with E-state index in [1.165, 1.54) is 4.68 Å². The van der Waals surface area contributed by atoms with Crippen molar-refractivity contribution >= 4 is 12.4 Å². The maximum atomic E-state index is 8.80. The maximum Gasteiger partial charge on any atom is 0.346 e. The molecule has 0 saturated heterocycles. The van der Waals surface area contributed by atoms with E-state index in [0.29, 0.717) is 11.5 Å². The van der Waals surface area contributed by atoms with Gasteiger partial charge in [0.2, 0.25) is 0 Å². The van der Waals surface area contributed by atoms with Crippen LogP contribution in [0.15, 0.2) is 48.5 Å². The summed E-state index contributed by atoms with van der Waals surface area (Å²) >= 11 is 0. The van der Waals surface area contributed by atoms with Gasteiger partial charge in [-0.3, -0.25) is 0 Å². The van der Waals surface area contributed by atoms with E-state index in [0.717, 1.165) is 43.6 Å². The van der Waals surface area contributed by atoms with Gasteiger partial charge in [-0.15, -0.1) is 12.4 Å². The van der Waals surface area contributed by atoms with Crippen LogP contribution in [0.3, 0.4) is 0 Å². The van der Waals surface area contributed by atoms with Crippen molar-refractivity contribution in [3.05, 3.63) is 54.1 Å². The number of unbranched alkanes of at least 4 members (excludes halogenated alkanes) is 2. The molecule has 0 saturated carbocycles. The predicted octanol–water partition coefficient (Wildman–Crippen LogP) is 3.14. The van der Waals surface area contributed by atoms with Gasteiger partial charge < -0.3 is 19.9 Å². The summed E-state index contributed by atoms with van der Waals surface area (Å²) in [5.74, 6) is 1.16. The zero-order valence-corrected chi connectivity index (χ0v) is 17.1. The monoisotopic (exact) mass is 419 g/mol. The van der Waals surface area contributed by atoms with E-state index in [9.17, 15) is 0 Å². The summed E-state index contributed by atoms with van der Waals surface area (Å²) < 4.78 is 12.9. The molecular weight excluding hydrogens is 394 g/mol. The Morgan fingerprint density at radius 1 is 1.03 bits per heavy atom. The third-order valence-electron chi connectivity index (χ3n) is 4.21. The molecule has 8 nitrogen and oxygen atoms in total. The fraction of sp³-hybridized carbons (Fsp3) is 0.350. The van der Waals surface area contributed by atoms with E-state index < -0.39 is 0 Å². The van der Waals surface area contributed by atoms with Gasteiger partial charge in [0.1, 0.15) is 0 Å². The van der Waals surface area contributed by atoms with Gasteiger partial charge in [-0.05, 0) is 66.1 Å². The summed E-state index contributed by atoms with van der Waals surface area (Å²) in [5, 5.41) is 23.9. The van der Waals surface area contributed by atoms with Gasteiger partial charge in [-0.25, -0.2) is 0 Å². The van der Waals surface area contributed by atoms with Crippen LogP contribution in [0.2, 0.25) is 0 Å². The highest BCUT2D eigenvalue weighted by atomic mass is 35.5. The van der Waals surface area contributed by atoms with Crippen LogP contribution in [-0.4, -0.2) is 45.6 Å². The first kappa shape index (κ1) is 22.6. The van der Waals surface area contributed by atoms with Gasteiger partial charge >= 0.3 is 6.01 Å². The number of para-hydroxylation sites is 1. The van der Waals surface area contributed by atoms with Crippen LogP contribution in [-0.2, 0) is 6.54 Å². The highest BCUT2D eigenvalue weighted by molar-refractivity contribution is 5.85. The zero-order valence-electron chi connectivity index (χ0n) is 16.3. The van der Waals surface area contributed by atoms with Crippen molar-refractivity contribution in [2.45, 2.75) is 25.8 Å². The van der Waals surface area contributed by atoms with Crippen molar-refractivity contribution < 1.29 is 14.6 Å². The molecule has 29 heavy (non-hydrogen) atoms. The molecule has 2 N–H and O–H groups in total. The van der Waals surface area contributed by atoms with Crippen LogP contribution >= 0.6 is 12.4 Å². The molecule has 0 atom stereocenters. The number of nitrogens with one attached hydrogen (secondary N) is 1. The number of hydrogen-bond donors (Lipinski definition) is 2. The van der Waals surface area contributed by atoms with Crippen LogP contribution in [0.5, 0.6) is 17.5 Å². The van der Waals surface area contributed by atoms with Gasteiger partial charge in [0.05, 0.1) is 12.8 Å². The topological polar surface area (TPSA) is 94.3 Å². The van der Waals surface area contributed by atoms with Gasteiger partial charge in [0.15, 0.2) is 11.5 Å². The lowest BCUT2D eigenvalue weighted by Gasteiger charge is -2.12. The molecule has 2 aromatic carbocycles. The number of methoxy groups -OCH3 is 1. The number of rotatable bonds is 11.